The van der Waals surface area contributed by atoms with Crippen molar-refractivity contribution in [2.24, 2.45) is 10.9 Å². The minimum absolute atomic E-state index is 0.00562. The predicted molar refractivity (Wildman–Crippen MR) is 101 cm³/mol. The van der Waals surface area contributed by atoms with Gasteiger partial charge in [-0.2, -0.15) is 0 Å². The number of aliphatic imine (C=N–C) groups is 1. The van der Waals surface area contributed by atoms with Gasteiger partial charge in [0.25, 0.3) is 0 Å². The zero-order valence-electron chi connectivity index (χ0n) is 15.2. The first-order valence-electron chi connectivity index (χ1n) is 9.25. The third-order valence-corrected chi connectivity index (χ3v) is 5.51. The lowest BCUT2D eigenvalue weighted by Crippen LogP contribution is -2.67. The molecule has 3 heterocycles. The number of amides is 1. The Morgan fingerprint density at radius 3 is 2.89 bits per heavy atom. The topological polar surface area (TPSA) is 90.7 Å². The quantitative estimate of drug-likeness (QED) is 0.859. The number of guanidine groups is 1. The van der Waals surface area contributed by atoms with E-state index in [1.165, 1.54) is 6.33 Å². The van der Waals surface area contributed by atoms with E-state index in [1.54, 1.807) is 17.2 Å². The van der Waals surface area contributed by atoms with Gasteiger partial charge in [-0.3, -0.25) is 14.7 Å². The molecule has 0 bridgehead atoms. The summed E-state index contributed by atoms with van der Waals surface area (Å²) in [5.41, 5.74) is 0.628. The summed E-state index contributed by atoms with van der Waals surface area (Å²) in [7, 11) is 0. The van der Waals surface area contributed by atoms with Gasteiger partial charge in [-0.25, -0.2) is 9.97 Å². The predicted octanol–water partition coefficient (Wildman–Crippen LogP) is 1.62. The van der Waals surface area contributed by atoms with Crippen LogP contribution in [0.2, 0.25) is 0 Å². The van der Waals surface area contributed by atoms with Crippen LogP contribution in [0.5, 0.6) is 0 Å². The van der Waals surface area contributed by atoms with Crippen LogP contribution in [-0.4, -0.2) is 44.9 Å². The van der Waals surface area contributed by atoms with Gasteiger partial charge in [-0.1, -0.05) is 37.3 Å². The van der Waals surface area contributed by atoms with Crippen molar-refractivity contribution in [1.29, 1.82) is 0 Å². The van der Waals surface area contributed by atoms with E-state index in [2.05, 4.69) is 20.3 Å². The molecule has 1 amide bonds. The van der Waals surface area contributed by atoms with Crippen molar-refractivity contribution < 1.29 is 9.90 Å². The van der Waals surface area contributed by atoms with Crippen molar-refractivity contribution in [3.8, 4) is 0 Å². The molecule has 1 aromatic heterocycles. The number of aliphatic hydroxyl groups excluding tert-OH is 1. The molecule has 1 aromatic carbocycles. The summed E-state index contributed by atoms with van der Waals surface area (Å²) in [6.45, 7) is 3.23. The molecule has 2 aromatic rings. The summed E-state index contributed by atoms with van der Waals surface area (Å²) in [6.07, 6.45) is 3.54. The Labute approximate surface area is 158 Å². The summed E-state index contributed by atoms with van der Waals surface area (Å²) in [5, 5.41) is 14.4. The first kappa shape index (κ1) is 17.6. The number of carbonyl (C=O) groups is 1. The average molecular weight is 365 g/mol. The van der Waals surface area contributed by atoms with Gasteiger partial charge in [-0.15, -0.1) is 0 Å². The van der Waals surface area contributed by atoms with Gasteiger partial charge in [0.15, 0.2) is 0 Å². The molecular formula is C20H23N5O2. The number of hydrogen-bond donors (Lipinski definition) is 2. The van der Waals surface area contributed by atoms with Gasteiger partial charge >= 0.3 is 0 Å². The fourth-order valence-electron chi connectivity index (χ4n) is 3.95. The van der Waals surface area contributed by atoms with Crippen molar-refractivity contribution >= 4 is 11.9 Å². The number of carbonyl (C=O) groups excluding carboxylic acids is 1. The van der Waals surface area contributed by atoms with Gasteiger partial charge < -0.3 is 10.4 Å². The number of aromatic nitrogens is 2. The number of nitrogens with one attached hydrogen (secondary N) is 1. The van der Waals surface area contributed by atoms with E-state index >= 15 is 0 Å². The van der Waals surface area contributed by atoms with E-state index < -0.39 is 17.6 Å². The van der Waals surface area contributed by atoms with Gasteiger partial charge in [0.2, 0.25) is 11.9 Å². The highest BCUT2D eigenvalue weighted by Crippen LogP contribution is 2.41. The second-order valence-electron chi connectivity index (χ2n) is 7.09. The third kappa shape index (κ3) is 3.08. The maximum absolute atomic E-state index is 13.1. The molecule has 0 radical (unpaired) electrons. The molecule has 0 aliphatic carbocycles. The third-order valence-electron chi connectivity index (χ3n) is 5.51. The van der Waals surface area contributed by atoms with Gasteiger partial charge in [0.1, 0.15) is 6.33 Å². The lowest BCUT2D eigenvalue weighted by Gasteiger charge is -2.48. The summed E-state index contributed by atoms with van der Waals surface area (Å²) in [6, 6.07) is 11.3. The number of hydrogen-bond acceptors (Lipinski definition) is 6. The zero-order chi connectivity index (χ0) is 18.9. The molecule has 0 spiro atoms. The Hall–Kier alpha value is -2.80. The van der Waals surface area contributed by atoms with E-state index in [0.717, 1.165) is 12.0 Å². The van der Waals surface area contributed by atoms with Crippen LogP contribution < -0.4 is 5.32 Å². The monoisotopic (exact) mass is 365 g/mol. The number of nitrogens with zero attached hydrogens (tertiary/aromatic N) is 4. The molecule has 3 atom stereocenters. The number of benzene rings is 1. The van der Waals surface area contributed by atoms with E-state index in [1.807, 2.05) is 37.3 Å². The van der Waals surface area contributed by atoms with E-state index in [4.69, 9.17) is 0 Å². The Balaban J connectivity index is 1.77. The molecule has 140 valence electrons. The SMILES string of the molecule is CC1C(=O)N2CCCN=C2NC1(C[C@H](O)c1ccccc1)c1ccncn1. The molecular weight excluding hydrogens is 342 g/mol. The van der Waals surface area contributed by atoms with Gasteiger partial charge in [0.05, 0.1) is 23.3 Å². The molecule has 7 nitrogen and oxygen atoms in total. The van der Waals surface area contributed by atoms with Crippen LogP contribution in [0.1, 0.15) is 37.1 Å². The Bertz CT molecular complexity index is 842. The van der Waals surface area contributed by atoms with E-state index in [9.17, 15) is 9.90 Å². The molecule has 2 aliphatic rings. The molecule has 27 heavy (non-hydrogen) atoms. The molecule has 4 rings (SSSR count). The normalized spacial score (nSPS) is 26.0. The Morgan fingerprint density at radius 2 is 2.15 bits per heavy atom. The van der Waals surface area contributed by atoms with E-state index in [0.29, 0.717) is 31.2 Å². The lowest BCUT2D eigenvalue weighted by atomic mass is 9.74. The van der Waals surface area contributed by atoms with Crippen LogP contribution in [0, 0.1) is 5.92 Å². The highest BCUT2D eigenvalue weighted by atomic mass is 16.3. The molecule has 1 saturated heterocycles. The fourth-order valence-corrected chi connectivity index (χ4v) is 3.95. The van der Waals surface area contributed by atoms with Crippen molar-refractivity contribution in [2.75, 3.05) is 13.1 Å². The highest BCUT2D eigenvalue weighted by Gasteiger charge is 2.51. The van der Waals surface area contributed by atoms with Crippen LogP contribution >= 0.6 is 0 Å². The first-order valence-corrected chi connectivity index (χ1v) is 9.25. The average Bonchev–Trinajstić information content (AvgIpc) is 2.73. The van der Waals surface area contributed by atoms with Gasteiger partial charge in [0, 0.05) is 25.7 Å². The zero-order valence-corrected chi connectivity index (χ0v) is 15.2. The van der Waals surface area contributed by atoms with Crippen molar-refractivity contribution in [3.63, 3.8) is 0 Å². The van der Waals surface area contributed by atoms with Crippen molar-refractivity contribution in [2.45, 2.75) is 31.4 Å². The van der Waals surface area contributed by atoms with Crippen LogP contribution in [0.4, 0.5) is 0 Å². The molecule has 2 N–H and O–H groups in total. The Kier molecular flexibility index (Phi) is 4.61. The summed E-state index contributed by atoms with van der Waals surface area (Å²) in [4.78, 5) is 27.8. The fraction of sp³-hybridized carbons (Fsp3) is 0.400. The summed E-state index contributed by atoms with van der Waals surface area (Å²) in [5.74, 6) is 0.164. The largest absolute Gasteiger partial charge is 0.388 e. The standard InChI is InChI=1S/C20H23N5O2/c1-14-18(27)25-11-5-9-22-19(25)24-20(14,17-8-10-21-13-23-17)12-16(26)15-6-3-2-4-7-15/h2-4,6-8,10,13-14,16,26H,5,9,11-12H2,1H3,(H,22,24)/t14?,16-,20?/m0/s1. The van der Waals surface area contributed by atoms with Gasteiger partial charge in [-0.05, 0) is 18.1 Å². The van der Waals surface area contributed by atoms with Crippen LogP contribution in [0.25, 0.3) is 0 Å². The van der Waals surface area contributed by atoms with Crippen LogP contribution in [0.3, 0.4) is 0 Å². The van der Waals surface area contributed by atoms with Crippen molar-refractivity contribution in [1.82, 2.24) is 20.2 Å². The minimum Gasteiger partial charge on any atom is -0.388 e. The maximum atomic E-state index is 13.1. The molecule has 0 saturated carbocycles. The van der Waals surface area contributed by atoms with E-state index in [-0.39, 0.29) is 5.91 Å². The number of rotatable bonds is 4. The van der Waals surface area contributed by atoms with Crippen molar-refractivity contribution in [3.05, 3.63) is 60.2 Å². The maximum Gasteiger partial charge on any atom is 0.234 e. The lowest BCUT2D eigenvalue weighted by molar-refractivity contribution is -0.137. The minimum atomic E-state index is -0.859. The smallest absolute Gasteiger partial charge is 0.234 e. The second-order valence-corrected chi connectivity index (χ2v) is 7.09. The molecule has 7 heteroatoms. The van der Waals surface area contributed by atoms with Crippen LogP contribution in [-0.2, 0) is 10.3 Å². The highest BCUT2D eigenvalue weighted by molar-refractivity contribution is 6.02. The van der Waals surface area contributed by atoms with Crippen LogP contribution in [0.15, 0.2) is 53.9 Å². The molecule has 2 aliphatic heterocycles. The number of fused-ring (bicyclic) bond motifs is 1. The number of aliphatic hydroxyl groups is 1. The molecule has 2 unspecified atom stereocenters. The first-order chi connectivity index (χ1) is 13.1. The second kappa shape index (κ2) is 7.08. The summed E-state index contributed by atoms with van der Waals surface area (Å²) < 4.78 is 0. The summed E-state index contributed by atoms with van der Waals surface area (Å²) >= 11 is 0. The molecule has 1 fully saturated rings. The Morgan fingerprint density at radius 1 is 1.33 bits per heavy atom.